The van der Waals surface area contributed by atoms with Crippen LogP contribution in [-0.4, -0.2) is 34.7 Å². The molecule has 0 radical (unpaired) electrons. The molecule has 29 heavy (non-hydrogen) atoms. The molecule has 4 nitrogen and oxygen atoms in total. The van der Waals surface area contributed by atoms with E-state index in [9.17, 15) is 9.90 Å². The molecular weight excluding hydrogens is 360 g/mol. The van der Waals surface area contributed by atoms with Gasteiger partial charge < -0.3 is 15.3 Å². The number of benzene rings is 3. The van der Waals surface area contributed by atoms with E-state index in [2.05, 4.69) is 66.8 Å². The molecule has 3 aromatic rings. The van der Waals surface area contributed by atoms with E-state index in [1.807, 2.05) is 18.2 Å². The molecule has 4 rings (SSSR count). The number of nitrogens with one attached hydrogen (secondary N) is 1. The van der Waals surface area contributed by atoms with Crippen LogP contribution in [0.25, 0.3) is 10.8 Å². The predicted molar refractivity (Wildman–Crippen MR) is 117 cm³/mol. The summed E-state index contributed by atoms with van der Waals surface area (Å²) in [4.78, 5) is 13.6. The summed E-state index contributed by atoms with van der Waals surface area (Å²) in [5.41, 5.74) is 2.43. The topological polar surface area (TPSA) is 52.6 Å². The second-order valence-electron chi connectivity index (χ2n) is 7.94. The maximum atomic E-state index is 11.9. The quantitative estimate of drug-likeness (QED) is 0.628. The number of nitrogens with zero attached hydrogens (tertiary/aromatic N) is 1. The lowest BCUT2D eigenvalue weighted by Gasteiger charge is -2.41. The largest absolute Gasteiger partial charge is 0.465 e. The summed E-state index contributed by atoms with van der Waals surface area (Å²) in [7, 11) is 0. The van der Waals surface area contributed by atoms with Gasteiger partial charge in [0.25, 0.3) is 0 Å². The molecule has 1 heterocycles. The van der Waals surface area contributed by atoms with Gasteiger partial charge in [0.05, 0.1) is 6.04 Å². The molecule has 3 aromatic carbocycles. The number of carboxylic acid groups (broad SMARTS) is 1. The second kappa shape index (κ2) is 8.66. The van der Waals surface area contributed by atoms with Crippen LogP contribution in [0.3, 0.4) is 0 Å². The number of rotatable bonds is 5. The first-order valence-electron chi connectivity index (χ1n) is 10.4. The van der Waals surface area contributed by atoms with Crippen LogP contribution in [-0.2, 0) is 6.42 Å². The van der Waals surface area contributed by atoms with Crippen molar-refractivity contribution in [1.29, 1.82) is 0 Å². The van der Waals surface area contributed by atoms with E-state index < -0.39 is 6.09 Å². The van der Waals surface area contributed by atoms with Crippen molar-refractivity contribution in [2.24, 2.45) is 0 Å². The lowest BCUT2D eigenvalue weighted by atomic mass is 9.89. The highest BCUT2D eigenvalue weighted by Crippen LogP contribution is 2.28. The highest BCUT2D eigenvalue weighted by Gasteiger charge is 2.35. The summed E-state index contributed by atoms with van der Waals surface area (Å²) >= 11 is 0. The van der Waals surface area contributed by atoms with Gasteiger partial charge in [-0.2, -0.15) is 0 Å². The Morgan fingerprint density at radius 1 is 1.07 bits per heavy atom. The van der Waals surface area contributed by atoms with Crippen molar-refractivity contribution >= 4 is 16.9 Å². The fraction of sp³-hybridized carbons (Fsp3) is 0.320. The summed E-state index contributed by atoms with van der Waals surface area (Å²) in [6, 6.07) is 25.2. The minimum atomic E-state index is -0.824. The minimum absolute atomic E-state index is 0.0684. The molecule has 0 spiro atoms. The Bertz CT molecular complexity index is 967. The van der Waals surface area contributed by atoms with Crippen molar-refractivity contribution in [1.82, 2.24) is 10.2 Å². The molecular formula is C25H28N2O2. The smallest absolute Gasteiger partial charge is 0.407 e. The van der Waals surface area contributed by atoms with E-state index in [1.54, 1.807) is 4.90 Å². The van der Waals surface area contributed by atoms with Crippen LogP contribution in [0, 0.1) is 0 Å². The lowest BCUT2D eigenvalue weighted by Crippen LogP contribution is -2.56. The van der Waals surface area contributed by atoms with Crippen molar-refractivity contribution in [3.05, 3.63) is 83.9 Å². The van der Waals surface area contributed by atoms with Crippen molar-refractivity contribution in [3.8, 4) is 0 Å². The zero-order valence-electron chi connectivity index (χ0n) is 16.8. The predicted octanol–water partition coefficient (Wildman–Crippen LogP) is 5.24. The van der Waals surface area contributed by atoms with Gasteiger partial charge in [0.15, 0.2) is 0 Å². The van der Waals surface area contributed by atoms with Gasteiger partial charge in [-0.3, -0.25) is 0 Å². The van der Waals surface area contributed by atoms with Gasteiger partial charge in [-0.05, 0) is 48.1 Å². The maximum Gasteiger partial charge on any atom is 0.407 e. The van der Waals surface area contributed by atoms with Crippen LogP contribution in [0.2, 0.25) is 0 Å². The highest BCUT2D eigenvalue weighted by atomic mass is 16.4. The van der Waals surface area contributed by atoms with E-state index in [0.29, 0.717) is 6.54 Å². The second-order valence-corrected chi connectivity index (χ2v) is 7.94. The van der Waals surface area contributed by atoms with Gasteiger partial charge in [0.1, 0.15) is 0 Å². The molecule has 4 heteroatoms. The van der Waals surface area contributed by atoms with Gasteiger partial charge in [0, 0.05) is 18.6 Å². The number of hydrogen-bond acceptors (Lipinski definition) is 2. The van der Waals surface area contributed by atoms with Crippen LogP contribution in [0.4, 0.5) is 4.79 Å². The summed E-state index contributed by atoms with van der Waals surface area (Å²) in [5, 5.41) is 16.1. The van der Waals surface area contributed by atoms with E-state index in [0.717, 1.165) is 19.3 Å². The van der Waals surface area contributed by atoms with Crippen LogP contribution < -0.4 is 5.32 Å². The van der Waals surface area contributed by atoms with Crippen molar-refractivity contribution in [3.63, 3.8) is 0 Å². The van der Waals surface area contributed by atoms with E-state index in [1.165, 1.54) is 21.9 Å². The third kappa shape index (κ3) is 4.28. The zero-order chi connectivity index (χ0) is 20.2. The Morgan fingerprint density at radius 3 is 2.59 bits per heavy atom. The van der Waals surface area contributed by atoms with Gasteiger partial charge >= 0.3 is 6.09 Å². The lowest BCUT2D eigenvalue weighted by molar-refractivity contribution is 0.0867. The molecule has 2 unspecified atom stereocenters. The van der Waals surface area contributed by atoms with Gasteiger partial charge in [0.2, 0.25) is 0 Å². The molecule has 1 fully saturated rings. The first-order valence-corrected chi connectivity index (χ1v) is 10.4. The number of hydrogen-bond donors (Lipinski definition) is 2. The fourth-order valence-corrected chi connectivity index (χ4v) is 4.64. The van der Waals surface area contributed by atoms with Crippen LogP contribution in [0.1, 0.15) is 36.9 Å². The molecule has 0 aliphatic carbocycles. The number of piperidine rings is 1. The van der Waals surface area contributed by atoms with Gasteiger partial charge in [-0.25, -0.2) is 4.79 Å². The molecule has 1 aliphatic rings. The molecule has 1 saturated heterocycles. The highest BCUT2D eigenvalue weighted by molar-refractivity contribution is 5.86. The first kappa shape index (κ1) is 19.5. The van der Waals surface area contributed by atoms with E-state index in [-0.39, 0.29) is 18.1 Å². The Kier molecular flexibility index (Phi) is 5.81. The standard InChI is InChI=1S/C25H28N2O2/c1-18(21-14-7-12-20-11-5-6-13-22(20)21)26-23-15-8-16-27(25(28)29)24(23)17-19-9-3-2-4-10-19/h2-7,9-14,18,23-24,26H,8,15-17H2,1H3,(H,28,29)/t18-,23?,24?/m1/s1. The average molecular weight is 389 g/mol. The summed E-state index contributed by atoms with van der Waals surface area (Å²) in [6.07, 6.45) is 1.77. The van der Waals surface area contributed by atoms with Crippen LogP contribution >= 0.6 is 0 Å². The first-order chi connectivity index (χ1) is 14.1. The van der Waals surface area contributed by atoms with Crippen molar-refractivity contribution in [2.45, 2.75) is 44.3 Å². The SMILES string of the molecule is C[C@@H](NC1CCCN(C(=O)O)C1Cc1ccccc1)c1cccc2ccccc12. The zero-order valence-corrected chi connectivity index (χ0v) is 16.8. The van der Waals surface area contributed by atoms with Crippen molar-refractivity contribution < 1.29 is 9.90 Å². The minimum Gasteiger partial charge on any atom is -0.465 e. The van der Waals surface area contributed by atoms with Crippen molar-refractivity contribution in [2.75, 3.05) is 6.54 Å². The van der Waals surface area contributed by atoms with E-state index >= 15 is 0 Å². The molecule has 0 aromatic heterocycles. The number of likely N-dealkylation sites (tertiary alicyclic amines) is 1. The Hall–Kier alpha value is -2.85. The molecule has 0 bridgehead atoms. The Morgan fingerprint density at radius 2 is 1.79 bits per heavy atom. The monoisotopic (exact) mass is 388 g/mol. The van der Waals surface area contributed by atoms with Crippen LogP contribution in [0.15, 0.2) is 72.8 Å². The third-order valence-corrected chi connectivity index (χ3v) is 6.07. The number of amides is 1. The average Bonchev–Trinajstić information content (AvgIpc) is 2.75. The summed E-state index contributed by atoms with van der Waals surface area (Å²) < 4.78 is 0. The summed E-state index contributed by atoms with van der Waals surface area (Å²) in [6.45, 7) is 2.79. The molecule has 3 atom stereocenters. The van der Waals surface area contributed by atoms with E-state index in [4.69, 9.17) is 0 Å². The normalized spacial score (nSPS) is 20.5. The third-order valence-electron chi connectivity index (χ3n) is 6.07. The number of carbonyl (C=O) groups is 1. The molecule has 1 aliphatic heterocycles. The summed E-state index contributed by atoms with van der Waals surface area (Å²) in [5.74, 6) is 0. The maximum absolute atomic E-state index is 11.9. The molecule has 1 amide bonds. The Balaban J connectivity index is 1.59. The Labute approximate surface area is 172 Å². The molecule has 2 N–H and O–H groups in total. The fourth-order valence-electron chi connectivity index (χ4n) is 4.64. The number of fused-ring (bicyclic) bond motifs is 1. The van der Waals surface area contributed by atoms with Gasteiger partial charge in [-0.1, -0.05) is 72.8 Å². The molecule has 150 valence electrons. The van der Waals surface area contributed by atoms with Crippen LogP contribution in [0.5, 0.6) is 0 Å². The molecule has 0 saturated carbocycles. The van der Waals surface area contributed by atoms with Gasteiger partial charge in [-0.15, -0.1) is 0 Å².